The molecule has 0 radical (unpaired) electrons. The minimum atomic E-state index is -1.30. The van der Waals surface area contributed by atoms with Gasteiger partial charge in [-0.05, 0) is 78.6 Å². The molecular formula is C57H113N3O7. The van der Waals surface area contributed by atoms with Gasteiger partial charge < -0.3 is 34.9 Å². The van der Waals surface area contributed by atoms with Gasteiger partial charge in [0.1, 0.15) is 6.61 Å². The van der Waals surface area contributed by atoms with E-state index in [1.54, 1.807) is 7.11 Å². The third-order valence-electron chi connectivity index (χ3n) is 13.7. The Morgan fingerprint density at radius 3 is 1.24 bits per heavy atom. The highest BCUT2D eigenvalue weighted by Gasteiger charge is 2.38. The third kappa shape index (κ3) is 40.4. The molecule has 67 heavy (non-hydrogen) atoms. The minimum absolute atomic E-state index is 0.206. The van der Waals surface area contributed by atoms with Crippen molar-refractivity contribution in [2.24, 2.45) is 5.41 Å². The second-order valence-corrected chi connectivity index (χ2v) is 22.5. The lowest BCUT2D eigenvalue weighted by molar-refractivity contribution is -0.133. The summed E-state index contributed by atoms with van der Waals surface area (Å²) in [5.74, 6) is -0.491. The monoisotopic (exact) mass is 952 g/mol. The topological polar surface area (TPSA) is 124 Å². The van der Waals surface area contributed by atoms with Gasteiger partial charge in [-0.25, -0.2) is 9.59 Å². The van der Waals surface area contributed by atoms with Crippen LogP contribution in [0.3, 0.4) is 0 Å². The first-order valence-corrected chi connectivity index (χ1v) is 28.3. The maximum atomic E-state index is 13.9. The lowest BCUT2D eigenvalue weighted by Crippen LogP contribution is -2.53. The van der Waals surface area contributed by atoms with Gasteiger partial charge in [-0.15, -0.1) is 0 Å². The van der Waals surface area contributed by atoms with Crippen molar-refractivity contribution < 1.29 is 33.3 Å². The minimum Gasteiger partial charge on any atom is -0.445 e. The second kappa shape index (κ2) is 40.6. The normalized spacial score (nSPS) is 13.5. The fourth-order valence-electron chi connectivity index (χ4n) is 9.56. The average Bonchev–Trinajstić information content (AvgIpc) is 3.26. The molecule has 10 nitrogen and oxygen atoms in total. The van der Waals surface area contributed by atoms with E-state index in [1.807, 2.05) is 13.8 Å². The highest BCUT2D eigenvalue weighted by molar-refractivity contribution is 5.84. The Kier molecular flexibility index (Phi) is 39.4. The van der Waals surface area contributed by atoms with Gasteiger partial charge in [0.2, 0.25) is 6.10 Å². The number of carbonyl (C=O) groups excluding carboxylic acids is 3. The van der Waals surface area contributed by atoms with Crippen molar-refractivity contribution in [3.8, 4) is 0 Å². The van der Waals surface area contributed by atoms with Gasteiger partial charge in [0.05, 0.1) is 17.8 Å². The van der Waals surface area contributed by atoms with E-state index in [1.165, 1.54) is 154 Å². The lowest BCUT2D eigenvalue weighted by atomic mass is 9.72. The molecule has 10 heteroatoms. The number of amides is 3. The van der Waals surface area contributed by atoms with Crippen molar-refractivity contribution in [1.29, 1.82) is 0 Å². The van der Waals surface area contributed by atoms with E-state index in [-0.39, 0.29) is 23.2 Å². The summed E-state index contributed by atoms with van der Waals surface area (Å²) in [4.78, 5) is 39.7. The Labute approximate surface area is 415 Å². The van der Waals surface area contributed by atoms with E-state index in [4.69, 9.17) is 18.9 Å². The molecule has 0 aromatic rings. The largest absolute Gasteiger partial charge is 0.445 e. The van der Waals surface area contributed by atoms with Gasteiger partial charge in [-0.1, -0.05) is 214 Å². The summed E-state index contributed by atoms with van der Waals surface area (Å²) in [7, 11) is 1.73. The molecule has 0 saturated carbocycles. The van der Waals surface area contributed by atoms with Crippen LogP contribution in [0.4, 0.5) is 9.59 Å². The van der Waals surface area contributed by atoms with Crippen molar-refractivity contribution in [2.45, 2.75) is 310 Å². The molecule has 0 heterocycles. The number of unbranched alkanes of at least 4 members (excludes halogenated alkanes) is 28. The predicted molar refractivity (Wildman–Crippen MR) is 283 cm³/mol. The molecule has 0 fully saturated rings. The zero-order valence-corrected chi connectivity index (χ0v) is 46.3. The Morgan fingerprint density at radius 2 is 0.866 bits per heavy atom. The maximum Gasteiger partial charge on any atom is 0.408 e. The molecule has 0 aliphatic carbocycles. The fraction of sp³-hybridized carbons (Fsp3) is 0.947. The summed E-state index contributed by atoms with van der Waals surface area (Å²) < 4.78 is 23.3. The van der Waals surface area contributed by atoms with Crippen molar-refractivity contribution in [1.82, 2.24) is 16.0 Å². The molecule has 0 aromatic carbocycles. The molecule has 0 spiro atoms. The molecule has 0 aliphatic rings. The van der Waals surface area contributed by atoms with Crippen molar-refractivity contribution in [3.63, 3.8) is 0 Å². The van der Waals surface area contributed by atoms with Gasteiger partial charge in [0.25, 0.3) is 5.91 Å². The number of rotatable bonds is 47. The van der Waals surface area contributed by atoms with E-state index in [2.05, 4.69) is 71.3 Å². The zero-order chi connectivity index (χ0) is 50.1. The Morgan fingerprint density at radius 1 is 0.493 bits per heavy atom. The second-order valence-electron chi connectivity index (χ2n) is 22.5. The molecule has 3 N–H and O–H groups in total. The number of hydrogen-bond acceptors (Lipinski definition) is 7. The molecule has 0 aliphatic heterocycles. The molecule has 2 atom stereocenters. The zero-order valence-electron chi connectivity index (χ0n) is 46.3. The summed E-state index contributed by atoms with van der Waals surface area (Å²) in [6.45, 7) is 22.5. The number of carbonyl (C=O) groups is 3. The highest BCUT2D eigenvalue weighted by Crippen LogP contribution is 2.39. The number of hydrogen-bond donors (Lipinski definition) is 3. The average molecular weight is 953 g/mol. The van der Waals surface area contributed by atoms with Crippen LogP contribution in [0.15, 0.2) is 0 Å². The SMILES string of the molecule is CCCCCCCCCCCCCCCCCCNC(=O)OC(COC(=O)NCCCCCCCCCCCCCCCC)C(=O)NC(C)(C)CC(C)(C)CC(C)(CC)OCCC(C)(C)OC. The number of methoxy groups -OCH3 is 1. The van der Waals surface area contributed by atoms with Crippen LogP contribution in [0.5, 0.6) is 0 Å². The lowest BCUT2D eigenvalue weighted by Gasteiger charge is -2.42. The first kappa shape index (κ1) is 64.9. The Bertz CT molecular complexity index is 1190. The van der Waals surface area contributed by atoms with Crippen molar-refractivity contribution in [2.75, 3.05) is 33.4 Å². The van der Waals surface area contributed by atoms with Crippen LogP contribution in [0.25, 0.3) is 0 Å². The van der Waals surface area contributed by atoms with E-state index in [0.29, 0.717) is 26.1 Å². The van der Waals surface area contributed by atoms with Crippen molar-refractivity contribution in [3.05, 3.63) is 0 Å². The fourth-order valence-corrected chi connectivity index (χ4v) is 9.56. The summed E-state index contributed by atoms with van der Waals surface area (Å²) in [6, 6.07) is 0. The first-order chi connectivity index (χ1) is 31.9. The van der Waals surface area contributed by atoms with Gasteiger partial charge >= 0.3 is 12.2 Å². The van der Waals surface area contributed by atoms with Crippen LogP contribution in [0, 0.1) is 5.41 Å². The summed E-state index contributed by atoms with van der Waals surface area (Å²) in [5, 5.41) is 8.79. The maximum absolute atomic E-state index is 13.9. The van der Waals surface area contributed by atoms with Crippen molar-refractivity contribution >= 4 is 18.1 Å². The van der Waals surface area contributed by atoms with Crippen LogP contribution in [-0.4, -0.2) is 74.4 Å². The van der Waals surface area contributed by atoms with Gasteiger partial charge in [0, 0.05) is 25.7 Å². The highest BCUT2D eigenvalue weighted by atomic mass is 16.6. The number of nitrogens with one attached hydrogen (secondary N) is 3. The van der Waals surface area contributed by atoms with Crippen LogP contribution >= 0.6 is 0 Å². The quantitative estimate of drug-likeness (QED) is 0.0519. The van der Waals surface area contributed by atoms with Crippen LogP contribution in [0.1, 0.15) is 288 Å². The standard InChI is InChI=1S/C57H113N3O7/c1-12-15-17-19-21-23-25-27-29-30-32-34-36-38-40-42-45-59-53(63)67-50(47-65-52(62)58-44-41-39-37-35-33-31-28-26-24-22-20-18-16-13-2)51(61)60-55(6,7)48-54(4,5)49-57(10,14-3)66-46-43-56(8,9)64-11/h50H,12-49H2,1-11H3,(H,58,62)(H,59,63)(H,60,61). The summed E-state index contributed by atoms with van der Waals surface area (Å²) >= 11 is 0. The van der Waals surface area contributed by atoms with Crippen LogP contribution in [-0.2, 0) is 23.7 Å². The van der Waals surface area contributed by atoms with Gasteiger partial charge in [0.15, 0.2) is 0 Å². The summed E-state index contributed by atoms with van der Waals surface area (Å²) in [6.07, 6.45) is 38.8. The number of ether oxygens (including phenoxy) is 4. The van der Waals surface area contributed by atoms with E-state index in [0.717, 1.165) is 57.8 Å². The molecule has 0 rings (SSSR count). The Balaban J connectivity index is 4.97. The molecule has 0 saturated heterocycles. The number of alkyl carbamates (subject to hydrolysis) is 2. The van der Waals surface area contributed by atoms with Crippen LogP contribution < -0.4 is 16.0 Å². The van der Waals surface area contributed by atoms with E-state index >= 15 is 0 Å². The van der Waals surface area contributed by atoms with Crippen LogP contribution in [0.2, 0.25) is 0 Å². The molecule has 0 bridgehead atoms. The first-order valence-electron chi connectivity index (χ1n) is 28.3. The molecule has 0 aromatic heterocycles. The van der Waals surface area contributed by atoms with E-state index in [9.17, 15) is 14.4 Å². The van der Waals surface area contributed by atoms with E-state index < -0.39 is 29.7 Å². The predicted octanol–water partition coefficient (Wildman–Crippen LogP) is 16.3. The third-order valence-corrected chi connectivity index (χ3v) is 13.7. The molecular weight excluding hydrogens is 839 g/mol. The summed E-state index contributed by atoms with van der Waals surface area (Å²) in [5.41, 5.74) is -1.47. The molecule has 2 unspecified atom stereocenters. The molecule has 398 valence electrons. The van der Waals surface area contributed by atoms with Gasteiger partial charge in [-0.3, -0.25) is 4.79 Å². The smallest absolute Gasteiger partial charge is 0.408 e. The Hall–Kier alpha value is -2.07. The van der Waals surface area contributed by atoms with Gasteiger partial charge in [-0.2, -0.15) is 0 Å². The molecule has 3 amide bonds.